The summed E-state index contributed by atoms with van der Waals surface area (Å²) in [5.41, 5.74) is 0. The molecule has 0 saturated carbocycles. The van der Waals surface area contributed by atoms with Crippen LogP contribution in [-0.2, 0) is 9.53 Å². The molecule has 4 heteroatoms. The van der Waals surface area contributed by atoms with Gasteiger partial charge in [-0.05, 0) is 19.8 Å². The van der Waals surface area contributed by atoms with Gasteiger partial charge in [-0.25, -0.2) is 0 Å². The SMILES string of the molecule is CNC(=O)CCNCC1CCC(C)O1. The molecular weight excluding hydrogens is 180 g/mol. The molecule has 1 aliphatic rings. The van der Waals surface area contributed by atoms with Crippen molar-refractivity contribution in [2.24, 2.45) is 0 Å². The van der Waals surface area contributed by atoms with Crippen molar-refractivity contribution in [1.82, 2.24) is 10.6 Å². The smallest absolute Gasteiger partial charge is 0.221 e. The zero-order chi connectivity index (χ0) is 10.4. The maximum absolute atomic E-state index is 10.9. The molecule has 0 aromatic heterocycles. The Morgan fingerprint density at radius 1 is 1.50 bits per heavy atom. The molecule has 0 aliphatic carbocycles. The highest BCUT2D eigenvalue weighted by atomic mass is 16.5. The fraction of sp³-hybridized carbons (Fsp3) is 0.900. The topological polar surface area (TPSA) is 50.4 Å². The van der Waals surface area contributed by atoms with Crippen LogP contribution in [0.3, 0.4) is 0 Å². The van der Waals surface area contributed by atoms with E-state index in [1.54, 1.807) is 7.05 Å². The summed E-state index contributed by atoms with van der Waals surface area (Å²) in [6, 6.07) is 0. The Balaban J connectivity index is 1.96. The molecule has 0 radical (unpaired) electrons. The van der Waals surface area contributed by atoms with Gasteiger partial charge < -0.3 is 15.4 Å². The lowest BCUT2D eigenvalue weighted by Gasteiger charge is -2.11. The molecule has 1 saturated heterocycles. The van der Waals surface area contributed by atoms with E-state index in [9.17, 15) is 4.79 Å². The normalized spacial score (nSPS) is 26.4. The Hall–Kier alpha value is -0.610. The molecule has 1 rings (SSSR count). The zero-order valence-corrected chi connectivity index (χ0v) is 9.01. The third kappa shape index (κ3) is 4.07. The number of nitrogens with one attached hydrogen (secondary N) is 2. The van der Waals surface area contributed by atoms with Crippen LogP contribution in [-0.4, -0.2) is 38.3 Å². The molecule has 2 N–H and O–H groups in total. The molecule has 1 fully saturated rings. The van der Waals surface area contributed by atoms with E-state index < -0.39 is 0 Å². The Bertz CT molecular complexity index is 185. The fourth-order valence-corrected chi connectivity index (χ4v) is 1.63. The van der Waals surface area contributed by atoms with Crippen LogP contribution in [0.5, 0.6) is 0 Å². The van der Waals surface area contributed by atoms with Gasteiger partial charge in [0.2, 0.25) is 5.91 Å². The highest BCUT2D eigenvalue weighted by Crippen LogP contribution is 2.17. The lowest BCUT2D eigenvalue weighted by Crippen LogP contribution is -2.30. The van der Waals surface area contributed by atoms with Gasteiger partial charge in [-0.3, -0.25) is 4.79 Å². The number of rotatable bonds is 5. The number of hydrogen-bond acceptors (Lipinski definition) is 3. The van der Waals surface area contributed by atoms with Crippen LogP contribution in [0.1, 0.15) is 26.2 Å². The zero-order valence-electron chi connectivity index (χ0n) is 9.01. The summed E-state index contributed by atoms with van der Waals surface area (Å²) < 4.78 is 5.63. The summed E-state index contributed by atoms with van der Waals surface area (Å²) in [5.74, 6) is 0.0817. The van der Waals surface area contributed by atoms with E-state index in [0.717, 1.165) is 25.9 Å². The third-order valence-corrected chi connectivity index (χ3v) is 2.50. The van der Waals surface area contributed by atoms with E-state index in [-0.39, 0.29) is 5.91 Å². The van der Waals surface area contributed by atoms with Crippen molar-refractivity contribution in [3.63, 3.8) is 0 Å². The van der Waals surface area contributed by atoms with Crippen LogP contribution in [0.15, 0.2) is 0 Å². The molecule has 0 spiro atoms. The monoisotopic (exact) mass is 200 g/mol. The maximum Gasteiger partial charge on any atom is 0.221 e. The first-order valence-electron chi connectivity index (χ1n) is 5.29. The van der Waals surface area contributed by atoms with Crippen LogP contribution >= 0.6 is 0 Å². The molecule has 0 bridgehead atoms. The standard InChI is InChI=1S/C10H20N2O2/c1-8-3-4-9(14-8)7-12-6-5-10(13)11-2/h8-9,12H,3-7H2,1-2H3,(H,11,13). The second kappa shape index (κ2) is 5.98. The van der Waals surface area contributed by atoms with E-state index in [0.29, 0.717) is 18.6 Å². The van der Waals surface area contributed by atoms with Crippen molar-refractivity contribution in [2.75, 3.05) is 20.1 Å². The second-order valence-corrected chi connectivity index (χ2v) is 3.77. The van der Waals surface area contributed by atoms with Crippen molar-refractivity contribution in [2.45, 2.75) is 38.4 Å². The second-order valence-electron chi connectivity index (χ2n) is 3.77. The summed E-state index contributed by atoms with van der Waals surface area (Å²) in [7, 11) is 1.66. The Kier molecular flexibility index (Phi) is 4.90. The highest BCUT2D eigenvalue weighted by Gasteiger charge is 2.20. The van der Waals surface area contributed by atoms with Gasteiger partial charge in [-0.1, -0.05) is 0 Å². The Morgan fingerprint density at radius 3 is 2.86 bits per heavy atom. The predicted molar refractivity (Wildman–Crippen MR) is 55.1 cm³/mol. The van der Waals surface area contributed by atoms with E-state index in [4.69, 9.17) is 4.74 Å². The predicted octanol–water partition coefficient (Wildman–Crippen LogP) is 0.280. The van der Waals surface area contributed by atoms with Crippen LogP contribution < -0.4 is 10.6 Å². The van der Waals surface area contributed by atoms with E-state index in [1.165, 1.54) is 0 Å². The largest absolute Gasteiger partial charge is 0.374 e. The van der Waals surface area contributed by atoms with Crippen molar-refractivity contribution in [3.05, 3.63) is 0 Å². The first kappa shape index (κ1) is 11.5. The number of carbonyl (C=O) groups is 1. The molecule has 1 aliphatic heterocycles. The first-order chi connectivity index (χ1) is 6.72. The quantitative estimate of drug-likeness (QED) is 0.627. The van der Waals surface area contributed by atoms with Gasteiger partial charge in [-0.15, -0.1) is 0 Å². The maximum atomic E-state index is 10.9. The average Bonchev–Trinajstić information content (AvgIpc) is 2.58. The van der Waals surface area contributed by atoms with Gasteiger partial charge in [0, 0.05) is 26.6 Å². The molecule has 2 atom stereocenters. The van der Waals surface area contributed by atoms with Crippen molar-refractivity contribution in [3.8, 4) is 0 Å². The summed E-state index contributed by atoms with van der Waals surface area (Å²) >= 11 is 0. The number of amides is 1. The highest BCUT2D eigenvalue weighted by molar-refractivity contribution is 5.75. The van der Waals surface area contributed by atoms with Crippen LogP contribution in [0.2, 0.25) is 0 Å². The van der Waals surface area contributed by atoms with E-state index >= 15 is 0 Å². The summed E-state index contributed by atoms with van der Waals surface area (Å²) in [4.78, 5) is 10.9. The minimum absolute atomic E-state index is 0.0817. The molecule has 2 unspecified atom stereocenters. The Morgan fingerprint density at radius 2 is 2.29 bits per heavy atom. The lowest BCUT2D eigenvalue weighted by atomic mass is 10.2. The molecule has 1 amide bonds. The minimum atomic E-state index is 0.0817. The lowest BCUT2D eigenvalue weighted by molar-refractivity contribution is -0.120. The van der Waals surface area contributed by atoms with Crippen molar-refractivity contribution in [1.29, 1.82) is 0 Å². The van der Waals surface area contributed by atoms with Crippen LogP contribution in [0, 0.1) is 0 Å². The summed E-state index contributed by atoms with van der Waals surface area (Å²) in [5, 5.41) is 5.82. The van der Waals surface area contributed by atoms with Crippen molar-refractivity contribution < 1.29 is 9.53 Å². The van der Waals surface area contributed by atoms with Gasteiger partial charge in [0.05, 0.1) is 12.2 Å². The number of ether oxygens (including phenoxy) is 1. The first-order valence-corrected chi connectivity index (χ1v) is 5.29. The van der Waals surface area contributed by atoms with Crippen LogP contribution in [0.25, 0.3) is 0 Å². The molecule has 82 valence electrons. The fourth-order valence-electron chi connectivity index (χ4n) is 1.63. The molecular formula is C10H20N2O2. The van der Waals surface area contributed by atoms with Crippen molar-refractivity contribution >= 4 is 5.91 Å². The Labute approximate surface area is 85.4 Å². The van der Waals surface area contributed by atoms with E-state index in [1.807, 2.05) is 0 Å². The molecule has 0 aromatic carbocycles. The van der Waals surface area contributed by atoms with Crippen LogP contribution in [0.4, 0.5) is 0 Å². The molecule has 14 heavy (non-hydrogen) atoms. The van der Waals surface area contributed by atoms with E-state index in [2.05, 4.69) is 17.6 Å². The van der Waals surface area contributed by atoms with Gasteiger partial charge in [0.1, 0.15) is 0 Å². The van der Waals surface area contributed by atoms with Gasteiger partial charge >= 0.3 is 0 Å². The molecule has 0 aromatic rings. The minimum Gasteiger partial charge on any atom is -0.374 e. The summed E-state index contributed by atoms with van der Waals surface area (Å²) in [6.45, 7) is 3.69. The number of hydrogen-bond donors (Lipinski definition) is 2. The van der Waals surface area contributed by atoms with Gasteiger partial charge in [-0.2, -0.15) is 0 Å². The molecule has 1 heterocycles. The van der Waals surface area contributed by atoms with Gasteiger partial charge in [0.25, 0.3) is 0 Å². The molecule has 4 nitrogen and oxygen atoms in total. The number of carbonyl (C=O) groups excluding carboxylic acids is 1. The average molecular weight is 200 g/mol. The summed E-state index contributed by atoms with van der Waals surface area (Å²) in [6.07, 6.45) is 3.57. The van der Waals surface area contributed by atoms with Gasteiger partial charge in [0.15, 0.2) is 0 Å². The third-order valence-electron chi connectivity index (χ3n) is 2.50.